The van der Waals surface area contributed by atoms with Crippen LogP contribution in [0.5, 0.6) is 11.6 Å². The summed E-state index contributed by atoms with van der Waals surface area (Å²) in [6.07, 6.45) is 1.65. The Bertz CT molecular complexity index is 868. The first-order valence-electron chi connectivity index (χ1n) is 10.0. The Balaban J connectivity index is 1.54. The number of methoxy groups -OCH3 is 1. The number of hydrogen-bond acceptors (Lipinski definition) is 6. The van der Waals surface area contributed by atoms with Gasteiger partial charge in [0.05, 0.1) is 32.4 Å². The lowest BCUT2D eigenvalue weighted by Crippen LogP contribution is -2.51. The Morgan fingerprint density at radius 3 is 2.53 bits per heavy atom. The zero-order valence-corrected chi connectivity index (χ0v) is 16.9. The Morgan fingerprint density at radius 2 is 1.87 bits per heavy atom. The molecule has 1 aromatic heterocycles. The highest BCUT2D eigenvalue weighted by molar-refractivity contribution is 5.98. The topological polar surface area (TPSA) is 81.2 Å². The Morgan fingerprint density at radius 1 is 1.10 bits per heavy atom. The van der Waals surface area contributed by atoms with Gasteiger partial charge in [0.25, 0.3) is 5.91 Å². The number of carbonyl (C=O) groups is 2. The second-order valence-corrected chi connectivity index (χ2v) is 7.29. The lowest BCUT2D eigenvalue weighted by molar-refractivity contribution is -0.139. The third-order valence-electron chi connectivity index (χ3n) is 5.37. The normalized spacial score (nSPS) is 21.4. The summed E-state index contributed by atoms with van der Waals surface area (Å²) in [5, 5.41) is 0. The van der Waals surface area contributed by atoms with Gasteiger partial charge in [0.1, 0.15) is 17.9 Å². The number of para-hydroxylation sites is 1. The minimum absolute atomic E-state index is 0.0627. The van der Waals surface area contributed by atoms with E-state index in [-0.39, 0.29) is 17.9 Å². The van der Waals surface area contributed by atoms with Crippen molar-refractivity contribution in [1.29, 1.82) is 0 Å². The molecule has 0 unspecified atom stereocenters. The number of pyridine rings is 1. The van der Waals surface area contributed by atoms with Gasteiger partial charge >= 0.3 is 0 Å². The van der Waals surface area contributed by atoms with Crippen LogP contribution in [0.15, 0.2) is 48.7 Å². The first-order valence-corrected chi connectivity index (χ1v) is 10.0. The van der Waals surface area contributed by atoms with E-state index >= 15 is 0 Å². The largest absolute Gasteiger partial charge is 0.488 e. The molecule has 0 spiro atoms. The molecule has 8 heteroatoms. The Labute approximate surface area is 175 Å². The summed E-state index contributed by atoms with van der Waals surface area (Å²) in [4.78, 5) is 34.0. The van der Waals surface area contributed by atoms with Crippen LogP contribution >= 0.6 is 0 Å². The van der Waals surface area contributed by atoms with E-state index in [2.05, 4.69) is 4.98 Å². The number of amides is 2. The molecule has 0 saturated carbocycles. The first kappa shape index (κ1) is 20.2. The van der Waals surface area contributed by atoms with Crippen LogP contribution in [0.3, 0.4) is 0 Å². The van der Waals surface area contributed by atoms with Crippen LogP contribution in [0.1, 0.15) is 16.8 Å². The van der Waals surface area contributed by atoms with Crippen LogP contribution in [0, 0.1) is 0 Å². The van der Waals surface area contributed by atoms with Crippen LogP contribution in [0.2, 0.25) is 0 Å². The van der Waals surface area contributed by atoms with Gasteiger partial charge in [0.15, 0.2) is 0 Å². The minimum Gasteiger partial charge on any atom is -0.488 e. The molecule has 2 fully saturated rings. The van der Waals surface area contributed by atoms with Gasteiger partial charge in [-0.25, -0.2) is 4.98 Å². The van der Waals surface area contributed by atoms with Crippen LogP contribution in [0.4, 0.5) is 0 Å². The zero-order chi connectivity index (χ0) is 20.9. The lowest BCUT2D eigenvalue weighted by Gasteiger charge is -2.32. The number of aromatic nitrogens is 1. The summed E-state index contributed by atoms with van der Waals surface area (Å²) in [7, 11) is 1.52. The number of morpholine rings is 1. The second-order valence-electron chi connectivity index (χ2n) is 7.29. The molecule has 2 saturated heterocycles. The summed E-state index contributed by atoms with van der Waals surface area (Å²) in [5.74, 6) is 0.850. The molecule has 30 heavy (non-hydrogen) atoms. The van der Waals surface area contributed by atoms with Crippen LogP contribution in [0.25, 0.3) is 0 Å². The Hall–Kier alpha value is -3.13. The van der Waals surface area contributed by atoms with Crippen molar-refractivity contribution in [2.75, 3.05) is 40.0 Å². The summed E-state index contributed by atoms with van der Waals surface area (Å²) in [5.41, 5.74) is 0.413. The maximum absolute atomic E-state index is 13.2. The quantitative estimate of drug-likeness (QED) is 0.744. The fourth-order valence-corrected chi connectivity index (χ4v) is 3.82. The summed E-state index contributed by atoms with van der Waals surface area (Å²) < 4.78 is 16.5. The molecule has 2 aliphatic rings. The van der Waals surface area contributed by atoms with Crippen molar-refractivity contribution in [3.63, 3.8) is 0 Å². The molecule has 0 radical (unpaired) electrons. The van der Waals surface area contributed by atoms with Crippen molar-refractivity contribution in [1.82, 2.24) is 14.8 Å². The molecule has 2 amide bonds. The highest BCUT2D eigenvalue weighted by atomic mass is 16.5. The fraction of sp³-hybridized carbons (Fsp3) is 0.409. The first-order chi connectivity index (χ1) is 14.7. The van der Waals surface area contributed by atoms with Gasteiger partial charge in [-0.3, -0.25) is 9.59 Å². The van der Waals surface area contributed by atoms with Gasteiger partial charge in [-0.1, -0.05) is 18.2 Å². The van der Waals surface area contributed by atoms with E-state index in [4.69, 9.17) is 14.2 Å². The van der Waals surface area contributed by atoms with Gasteiger partial charge in [-0.15, -0.1) is 0 Å². The van der Waals surface area contributed by atoms with Crippen molar-refractivity contribution in [2.24, 2.45) is 0 Å². The van der Waals surface area contributed by atoms with E-state index < -0.39 is 6.04 Å². The van der Waals surface area contributed by atoms with Crippen LogP contribution in [-0.2, 0) is 9.53 Å². The predicted molar refractivity (Wildman–Crippen MR) is 108 cm³/mol. The average Bonchev–Trinajstić information content (AvgIpc) is 3.23. The predicted octanol–water partition coefficient (Wildman–Crippen LogP) is 1.61. The SMILES string of the molecule is COc1ccc(C(=O)N2C[C@@H](Oc3ccccc3)C[C@H]2C(=O)N2CCOCC2)cn1. The summed E-state index contributed by atoms with van der Waals surface area (Å²) in [6.45, 7) is 2.43. The van der Waals surface area contributed by atoms with E-state index in [0.717, 1.165) is 5.75 Å². The van der Waals surface area contributed by atoms with Crippen molar-refractivity contribution >= 4 is 11.8 Å². The lowest BCUT2D eigenvalue weighted by atomic mass is 10.1. The zero-order valence-electron chi connectivity index (χ0n) is 16.9. The van der Waals surface area contributed by atoms with Gasteiger partial charge in [-0.2, -0.15) is 0 Å². The molecule has 158 valence electrons. The second kappa shape index (κ2) is 9.13. The van der Waals surface area contributed by atoms with E-state index in [9.17, 15) is 9.59 Å². The molecule has 3 heterocycles. The highest BCUT2D eigenvalue weighted by Crippen LogP contribution is 2.26. The Kier molecular flexibility index (Phi) is 6.13. The molecule has 0 N–H and O–H groups in total. The maximum Gasteiger partial charge on any atom is 0.256 e. The molecule has 4 rings (SSSR count). The molecular weight excluding hydrogens is 386 g/mol. The standard InChI is InChI=1S/C22H25N3O5/c1-28-20-8-7-16(14-23-20)21(26)25-15-18(30-17-5-3-2-4-6-17)13-19(25)22(27)24-9-11-29-12-10-24/h2-8,14,18-19H,9-13,15H2,1H3/t18-,19-/m0/s1. The third-order valence-corrected chi connectivity index (χ3v) is 5.37. The van der Waals surface area contributed by atoms with Gasteiger partial charge < -0.3 is 24.0 Å². The molecule has 2 atom stereocenters. The average molecular weight is 411 g/mol. The number of carbonyl (C=O) groups excluding carboxylic acids is 2. The number of ether oxygens (including phenoxy) is 3. The van der Waals surface area contributed by atoms with Gasteiger partial charge in [0, 0.05) is 31.8 Å². The maximum atomic E-state index is 13.2. The van der Waals surface area contributed by atoms with E-state index in [1.165, 1.54) is 13.3 Å². The van der Waals surface area contributed by atoms with Crippen molar-refractivity contribution in [3.8, 4) is 11.6 Å². The summed E-state index contributed by atoms with van der Waals surface area (Å²) in [6, 6.07) is 12.2. The number of nitrogens with zero attached hydrogens (tertiary/aromatic N) is 3. The van der Waals surface area contributed by atoms with Crippen molar-refractivity contribution in [2.45, 2.75) is 18.6 Å². The molecular formula is C22H25N3O5. The van der Waals surface area contributed by atoms with Gasteiger partial charge in [0.2, 0.25) is 11.8 Å². The van der Waals surface area contributed by atoms with E-state index in [1.807, 2.05) is 30.3 Å². The number of hydrogen-bond donors (Lipinski definition) is 0. The number of benzene rings is 1. The molecule has 1 aromatic carbocycles. The van der Waals surface area contributed by atoms with E-state index in [0.29, 0.717) is 50.7 Å². The number of rotatable bonds is 5. The fourth-order valence-electron chi connectivity index (χ4n) is 3.82. The van der Waals surface area contributed by atoms with Crippen molar-refractivity contribution in [3.05, 3.63) is 54.2 Å². The van der Waals surface area contributed by atoms with Gasteiger partial charge in [-0.05, 0) is 18.2 Å². The van der Waals surface area contributed by atoms with Crippen LogP contribution < -0.4 is 9.47 Å². The molecule has 0 aliphatic carbocycles. The number of likely N-dealkylation sites (tertiary alicyclic amines) is 1. The molecule has 8 nitrogen and oxygen atoms in total. The summed E-state index contributed by atoms with van der Waals surface area (Å²) >= 11 is 0. The van der Waals surface area contributed by atoms with Crippen LogP contribution in [-0.4, -0.2) is 78.7 Å². The smallest absolute Gasteiger partial charge is 0.256 e. The van der Waals surface area contributed by atoms with Crippen molar-refractivity contribution < 1.29 is 23.8 Å². The third kappa shape index (κ3) is 4.38. The molecule has 2 aliphatic heterocycles. The molecule has 0 bridgehead atoms. The van der Waals surface area contributed by atoms with E-state index in [1.54, 1.807) is 21.9 Å². The monoisotopic (exact) mass is 411 g/mol. The molecule has 2 aromatic rings. The minimum atomic E-state index is -0.577. The highest BCUT2D eigenvalue weighted by Gasteiger charge is 2.43.